The molecular formula is C20H24ClF2IN4O2. The number of ether oxygens (including phenoxy) is 1. The van der Waals surface area contributed by atoms with E-state index in [0.29, 0.717) is 29.6 Å². The molecule has 0 spiro atoms. The van der Waals surface area contributed by atoms with Gasteiger partial charge in [-0.05, 0) is 42.0 Å². The first-order valence-electron chi connectivity index (χ1n) is 9.20. The average molecular weight is 553 g/mol. The number of nitrogens with two attached hydrogens (primary N) is 1. The van der Waals surface area contributed by atoms with Crippen molar-refractivity contribution < 1.29 is 18.6 Å². The quantitative estimate of drug-likeness (QED) is 0.325. The third kappa shape index (κ3) is 6.85. The molecule has 1 fully saturated rings. The number of alkyl halides is 2. The number of aliphatic hydroxyl groups is 1. The summed E-state index contributed by atoms with van der Waals surface area (Å²) in [4.78, 5) is 8.46. The van der Waals surface area contributed by atoms with Crippen molar-refractivity contribution in [2.75, 3.05) is 37.6 Å². The summed E-state index contributed by atoms with van der Waals surface area (Å²) >= 11 is 5.93. The van der Waals surface area contributed by atoms with Crippen LogP contribution < -0.4 is 15.4 Å². The molecular weight excluding hydrogens is 529 g/mol. The molecule has 2 aromatic carbocycles. The highest BCUT2D eigenvalue weighted by Crippen LogP contribution is 2.22. The lowest BCUT2D eigenvalue weighted by Crippen LogP contribution is -2.51. The number of aliphatic imine (C=N–C) groups is 1. The summed E-state index contributed by atoms with van der Waals surface area (Å²) in [6.07, 6.45) is -0.967. The molecule has 0 aromatic heterocycles. The molecule has 0 bridgehead atoms. The zero-order chi connectivity index (χ0) is 20.8. The Kier molecular flexibility index (Phi) is 9.37. The van der Waals surface area contributed by atoms with Crippen LogP contribution in [0.1, 0.15) is 11.7 Å². The van der Waals surface area contributed by atoms with Crippen molar-refractivity contribution in [3.05, 3.63) is 59.1 Å². The summed E-state index contributed by atoms with van der Waals surface area (Å²) in [6, 6.07) is 13.6. The molecule has 10 heteroatoms. The van der Waals surface area contributed by atoms with Crippen LogP contribution in [0, 0.1) is 0 Å². The maximum absolute atomic E-state index is 12.3. The Balaban J connectivity index is 0.00000320. The van der Waals surface area contributed by atoms with Crippen molar-refractivity contribution in [3.63, 3.8) is 0 Å². The van der Waals surface area contributed by atoms with Crippen molar-refractivity contribution >= 4 is 47.2 Å². The summed E-state index contributed by atoms with van der Waals surface area (Å²) in [5, 5.41) is 11.0. The molecule has 0 amide bonds. The normalized spacial score (nSPS) is 15.7. The molecule has 1 saturated heterocycles. The second-order valence-electron chi connectivity index (χ2n) is 6.62. The van der Waals surface area contributed by atoms with Crippen molar-refractivity contribution in [2.45, 2.75) is 12.7 Å². The van der Waals surface area contributed by atoms with Gasteiger partial charge in [-0.3, -0.25) is 4.99 Å². The highest BCUT2D eigenvalue weighted by Gasteiger charge is 2.19. The van der Waals surface area contributed by atoms with Crippen LogP contribution >= 0.6 is 35.6 Å². The second-order valence-corrected chi connectivity index (χ2v) is 7.05. The van der Waals surface area contributed by atoms with Crippen LogP contribution in [0.15, 0.2) is 53.5 Å². The lowest BCUT2D eigenvalue weighted by Gasteiger charge is -2.36. The van der Waals surface area contributed by atoms with Gasteiger partial charge in [0.15, 0.2) is 5.96 Å². The SMILES string of the molecule is I.NC(=NCC(O)c1cccc(OC(F)F)c1)N1CCN(c2ccc(Cl)cc2)CC1. The fourth-order valence-electron chi connectivity index (χ4n) is 3.13. The number of halogens is 4. The summed E-state index contributed by atoms with van der Waals surface area (Å²) in [7, 11) is 0. The lowest BCUT2D eigenvalue weighted by atomic mass is 10.1. The first-order valence-corrected chi connectivity index (χ1v) is 9.58. The predicted octanol–water partition coefficient (Wildman–Crippen LogP) is 3.73. The molecule has 0 aliphatic carbocycles. The summed E-state index contributed by atoms with van der Waals surface area (Å²) in [5.74, 6) is 0.339. The zero-order valence-corrected chi connectivity index (χ0v) is 19.2. The van der Waals surface area contributed by atoms with E-state index in [2.05, 4.69) is 14.6 Å². The van der Waals surface area contributed by atoms with Crippen LogP contribution in [0.25, 0.3) is 0 Å². The summed E-state index contributed by atoms with van der Waals surface area (Å²) in [6.45, 7) is 0.0855. The molecule has 0 saturated carbocycles. The van der Waals surface area contributed by atoms with Crippen LogP contribution in [0.3, 0.4) is 0 Å². The first kappa shape index (κ1) is 24.4. The number of aliphatic hydroxyl groups excluding tert-OH is 1. The number of benzene rings is 2. The van der Waals surface area contributed by atoms with Crippen molar-refractivity contribution in [1.29, 1.82) is 0 Å². The maximum atomic E-state index is 12.3. The molecule has 1 atom stereocenters. The van der Waals surface area contributed by atoms with Gasteiger partial charge in [0.1, 0.15) is 5.75 Å². The van der Waals surface area contributed by atoms with E-state index in [1.807, 2.05) is 29.2 Å². The number of piperazine rings is 1. The first-order chi connectivity index (χ1) is 13.9. The summed E-state index contributed by atoms with van der Waals surface area (Å²) in [5.41, 5.74) is 7.62. The van der Waals surface area contributed by atoms with E-state index in [9.17, 15) is 13.9 Å². The zero-order valence-electron chi connectivity index (χ0n) is 16.1. The minimum atomic E-state index is -2.91. The molecule has 1 aliphatic rings. The molecule has 0 radical (unpaired) electrons. The van der Waals surface area contributed by atoms with E-state index >= 15 is 0 Å². The maximum Gasteiger partial charge on any atom is 0.387 e. The smallest absolute Gasteiger partial charge is 0.387 e. The van der Waals surface area contributed by atoms with Crippen molar-refractivity contribution in [2.24, 2.45) is 10.7 Å². The van der Waals surface area contributed by atoms with E-state index < -0.39 is 12.7 Å². The fourth-order valence-corrected chi connectivity index (χ4v) is 3.26. The van der Waals surface area contributed by atoms with E-state index in [-0.39, 0.29) is 36.3 Å². The van der Waals surface area contributed by atoms with Gasteiger partial charge in [0.25, 0.3) is 0 Å². The Morgan fingerprint density at radius 2 is 1.80 bits per heavy atom. The number of guanidine groups is 1. The predicted molar refractivity (Wildman–Crippen MR) is 125 cm³/mol. The minimum absolute atomic E-state index is 0. The number of anilines is 1. The number of rotatable bonds is 6. The third-order valence-electron chi connectivity index (χ3n) is 4.69. The number of nitrogens with zero attached hydrogens (tertiary/aromatic N) is 3. The van der Waals surface area contributed by atoms with Gasteiger partial charge >= 0.3 is 6.61 Å². The van der Waals surface area contributed by atoms with E-state index in [0.717, 1.165) is 18.8 Å². The monoisotopic (exact) mass is 552 g/mol. The van der Waals surface area contributed by atoms with Gasteiger partial charge in [0.05, 0.1) is 12.6 Å². The Morgan fingerprint density at radius 1 is 1.13 bits per heavy atom. The fraction of sp³-hybridized carbons (Fsp3) is 0.350. The minimum Gasteiger partial charge on any atom is -0.435 e. The van der Waals surface area contributed by atoms with Gasteiger partial charge in [-0.25, -0.2) is 0 Å². The second kappa shape index (κ2) is 11.5. The van der Waals surface area contributed by atoms with Gasteiger partial charge in [-0.2, -0.15) is 8.78 Å². The van der Waals surface area contributed by atoms with Gasteiger partial charge in [0.2, 0.25) is 0 Å². The summed E-state index contributed by atoms with van der Waals surface area (Å²) < 4.78 is 29.0. The molecule has 1 heterocycles. The molecule has 6 nitrogen and oxygen atoms in total. The van der Waals surface area contributed by atoms with Crippen LogP contribution in [0.2, 0.25) is 5.02 Å². The van der Waals surface area contributed by atoms with Crippen LogP contribution in [-0.4, -0.2) is 55.3 Å². The van der Waals surface area contributed by atoms with Crippen LogP contribution in [0.4, 0.5) is 14.5 Å². The Morgan fingerprint density at radius 3 is 2.43 bits per heavy atom. The molecule has 164 valence electrons. The van der Waals surface area contributed by atoms with E-state index in [1.165, 1.54) is 12.1 Å². The Labute approximate surface area is 196 Å². The molecule has 1 aliphatic heterocycles. The molecule has 1 unspecified atom stereocenters. The van der Waals surface area contributed by atoms with Crippen molar-refractivity contribution in [1.82, 2.24) is 4.90 Å². The Hall–Kier alpha value is -1.85. The van der Waals surface area contributed by atoms with Crippen molar-refractivity contribution in [3.8, 4) is 5.75 Å². The van der Waals surface area contributed by atoms with E-state index in [4.69, 9.17) is 17.3 Å². The topological polar surface area (TPSA) is 74.3 Å². The van der Waals surface area contributed by atoms with Gasteiger partial charge in [-0.15, -0.1) is 24.0 Å². The lowest BCUT2D eigenvalue weighted by molar-refractivity contribution is -0.0499. The third-order valence-corrected chi connectivity index (χ3v) is 4.94. The van der Waals surface area contributed by atoms with Gasteiger partial charge in [-0.1, -0.05) is 23.7 Å². The highest BCUT2D eigenvalue weighted by molar-refractivity contribution is 14.0. The van der Waals surface area contributed by atoms with Crippen LogP contribution in [-0.2, 0) is 0 Å². The highest BCUT2D eigenvalue weighted by atomic mass is 127. The molecule has 2 aromatic rings. The average Bonchev–Trinajstić information content (AvgIpc) is 2.72. The standard InChI is InChI=1S/C20H23ClF2N4O2.HI/c21-15-4-6-16(7-5-15)26-8-10-27(11-9-26)20(24)25-13-18(28)14-2-1-3-17(12-14)29-19(22)23;/h1-7,12,18-19,28H,8-11,13H2,(H2,24,25);1H. The molecule has 30 heavy (non-hydrogen) atoms. The van der Waals surface area contributed by atoms with Gasteiger partial charge < -0.3 is 25.4 Å². The molecule has 3 rings (SSSR count). The Bertz CT molecular complexity index is 834. The number of hydrogen-bond donors (Lipinski definition) is 2. The largest absolute Gasteiger partial charge is 0.435 e. The number of hydrogen-bond acceptors (Lipinski definition) is 4. The van der Waals surface area contributed by atoms with E-state index in [1.54, 1.807) is 12.1 Å². The van der Waals surface area contributed by atoms with Crippen LogP contribution in [0.5, 0.6) is 5.75 Å². The molecule has 3 N–H and O–H groups in total. The van der Waals surface area contributed by atoms with Gasteiger partial charge in [0, 0.05) is 36.9 Å².